The normalized spacial score (nSPS) is 33.8. The Morgan fingerprint density at radius 1 is 1.33 bits per heavy atom. The fourth-order valence-electron chi connectivity index (χ4n) is 4.49. The maximum atomic E-state index is 12.6. The third-order valence-electron chi connectivity index (χ3n) is 5.59. The number of carbonyl (C=O) groups is 2. The molecular formula is C18H22O3. The fraction of sp³-hybridized carbons (Fsp3) is 0.556. The highest BCUT2D eigenvalue weighted by molar-refractivity contribution is 5.99. The Kier molecular flexibility index (Phi) is 3.60. The average Bonchev–Trinajstić information content (AvgIpc) is 3.07. The van der Waals surface area contributed by atoms with Gasteiger partial charge in [0.25, 0.3) is 0 Å². The number of aryl methyl sites for hydroxylation is 1. The quantitative estimate of drug-likeness (QED) is 0.872. The summed E-state index contributed by atoms with van der Waals surface area (Å²) in [5.74, 6) is -0.753. The van der Waals surface area contributed by atoms with E-state index < -0.39 is 17.3 Å². The minimum Gasteiger partial charge on any atom is -0.481 e. The predicted octanol–water partition coefficient (Wildman–Crippen LogP) is 3.33. The van der Waals surface area contributed by atoms with Crippen LogP contribution < -0.4 is 0 Å². The van der Waals surface area contributed by atoms with Gasteiger partial charge in [-0.3, -0.25) is 9.59 Å². The van der Waals surface area contributed by atoms with Gasteiger partial charge in [-0.05, 0) is 43.6 Å². The van der Waals surface area contributed by atoms with Crippen molar-refractivity contribution in [2.75, 3.05) is 0 Å². The van der Waals surface area contributed by atoms with Gasteiger partial charge in [0, 0.05) is 11.3 Å². The molecule has 0 saturated heterocycles. The Morgan fingerprint density at radius 2 is 2.05 bits per heavy atom. The summed E-state index contributed by atoms with van der Waals surface area (Å²) in [6.45, 7) is 1.96. The number of carbonyl (C=O) groups excluding carboxylic acids is 1. The fourth-order valence-corrected chi connectivity index (χ4v) is 4.49. The first-order valence-corrected chi connectivity index (χ1v) is 7.92. The molecule has 0 spiro atoms. The average molecular weight is 286 g/mol. The number of ketones is 1. The van der Waals surface area contributed by atoms with E-state index in [2.05, 4.69) is 12.1 Å². The van der Waals surface area contributed by atoms with Crippen LogP contribution in [0.2, 0.25) is 0 Å². The molecule has 2 saturated carbocycles. The van der Waals surface area contributed by atoms with Crippen molar-refractivity contribution in [3.8, 4) is 0 Å². The van der Waals surface area contributed by atoms with Crippen molar-refractivity contribution in [3.63, 3.8) is 0 Å². The third kappa shape index (κ3) is 2.19. The number of Topliss-reactive ketones (excluding diaryl/α,β-unsaturated/α-hetero) is 1. The molecule has 0 bridgehead atoms. The van der Waals surface area contributed by atoms with Crippen molar-refractivity contribution in [3.05, 3.63) is 35.9 Å². The Morgan fingerprint density at radius 3 is 2.62 bits per heavy atom. The van der Waals surface area contributed by atoms with E-state index >= 15 is 0 Å². The summed E-state index contributed by atoms with van der Waals surface area (Å²) in [7, 11) is 0. The molecule has 3 nitrogen and oxygen atoms in total. The van der Waals surface area contributed by atoms with Gasteiger partial charge in [0.2, 0.25) is 0 Å². The molecule has 2 aliphatic rings. The molecule has 21 heavy (non-hydrogen) atoms. The number of aliphatic carboxylic acids is 1. The number of rotatable bonds is 6. The second-order valence-corrected chi connectivity index (χ2v) is 6.49. The van der Waals surface area contributed by atoms with E-state index in [1.807, 2.05) is 25.1 Å². The smallest absolute Gasteiger partial charge is 0.307 e. The molecule has 3 rings (SSSR count). The Balaban J connectivity index is 1.56. The van der Waals surface area contributed by atoms with Gasteiger partial charge in [-0.2, -0.15) is 0 Å². The summed E-state index contributed by atoms with van der Waals surface area (Å²) in [6.07, 6.45) is 4.38. The second-order valence-electron chi connectivity index (χ2n) is 6.49. The van der Waals surface area contributed by atoms with Gasteiger partial charge in [0.15, 0.2) is 0 Å². The summed E-state index contributed by atoms with van der Waals surface area (Å²) in [5.41, 5.74) is 0.796. The Labute approximate surface area is 125 Å². The molecule has 4 atom stereocenters. The highest BCUT2D eigenvalue weighted by Gasteiger charge is 2.75. The van der Waals surface area contributed by atoms with Crippen LogP contribution in [0, 0.1) is 23.2 Å². The molecule has 2 aliphatic carbocycles. The number of benzene rings is 1. The third-order valence-corrected chi connectivity index (χ3v) is 5.59. The van der Waals surface area contributed by atoms with E-state index in [1.165, 1.54) is 5.56 Å². The number of hydrogen-bond acceptors (Lipinski definition) is 2. The maximum Gasteiger partial charge on any atom is 0.307 e. The SMILES string of the molecule is CCC12C(=O)C(CCCc3ccccc3)CC1C2C(=O)O. The predicted molar refractivity (Wildman–Crippen MR) is 79.8 cm³/mol. The topological polar surface area (TPSA) is 54.4 Å². The van der Waals surface area contributed by atoms with E-state index in [9.17, 15) is 14.7 Å². The van der Waals surface area contributed by atoms with E-state index in [-0.39, 0.29) is 17.6 Å². The highest BCUT2D eigenvalue weighted by atomic mass is 16.4. The molecule has 0 amide bonds. The zero-order valence-corrected chi connectivity index (χ0v) is 12.4. The summed E-state index contributed by atoms with van der Waals surface area (Å²) < 4.78 is 0. The molecule has 2 fully saturated rings. The standard InChI is InChI=1S/C18H22O3/c1-2-18-14(15(18)17(20)21)11-13(16(18)19)10-6-9-12-7-4-3-5-8-12/h3-5,7-8,13-15H,2,6,9-11H2,1H3,(H,20,21). The molecule has 0 radical (unpaired) electrons. The summed E-state index contributed by atoms with van der Waals surface area (Å²) in [4.78, 5) is 23.8. The molecule has 0 aromatic heterocycles. The lowest BCUT2D eigenvalue weighted by Crippen LogP contribution is -2.25. The van der Waals surface area contributed by atoms with Crippen molar-refractivity contribution < 1.29 is 14.7 Å². The van der Waals surface area contributed by atoms with E-state index in [0.29, 0.717) is 6.42 Å². The number of carboxylic acid groups (broad SMARTS) is 1. The van der Waals surface area contributed by atoms with Crippen LogP contribution in [-0.2, 0) is 16.0 Å². The van der Waals surface area contributed by atoms with Crippen molar-refractivity contribution >= 4 is 11.8 Å². The number of fused-ring (bicyclic) bond motifs is 1. The number of hydrogen-bond donors (Lipinski definition) is 1. The van der Waals surface area contributed by atoms with Crippen molar-refractivity contribution in [2.45, 2.75) is 39.0 Å². The van der Waals surface area contributed by atoms with Crippen LogP contribution in [-0.4, -0.2) is 16.9 Å². The van der Waals surface area contributed by atoms with Gasteiger partial charge < -0.3 is 5.11 Å². The minimum absolute atomic E-state index is 0.0919. The van der Waals surface area contributed by atoms with Crippen LogP contribution in [0.3, 0.4) is 0 Å². The second kappa shape index (κ2) is 5.28. The van der Waals surface area contributed by atoms with Crippen LogP contribution in [0.25, 0.3) is 0 Å². The summed E-state index contributed by atoms with van der Waals surface area (Å²) in [6, 6.07) is 10.3. The van der Waals surface area contributed by atoms with Crippen molar-refractivity contribution in [2.24, 2.45) is 23.2 Å². The minimum atomic E-state index is -0.780. The lowest BCUT2D eigenvalue weighted by atomic mass is 9.86. The maximum absolute atomic E-state index is 12.6. The monoisotopic (exact) mass is 286 g/mol. The first-order valence-electron chi connectivity index (χ1n) is 7.92. The summed E-state index contributed by atoms with van der Waals surface area (Å²) >= 11 is 0. The largest absolute Gasteiger partial charge is 0.481 e. The van der Waals surface area contributed by atoms with E-state index in [0.717, 1.165) is 25.7 Å². The van der Waals surface area contributed by atoms with Crippen LogP contribution in [0.15, 0.2) is 30.3 Å². The molecular weight excluding hydrogens is 264 g/mol. The molecule has 1 aromatic rings. The van der Waals surface area contributed by atoms with Gasteiger partial charge in [0.1, 0.15) is 5.78 Å². The lowest BCUT2D eigenvalue weighted by molar-refractivity contribution is -0.142. The molecule has 0 aliphatic heterocycles. The van der Waals surface area contributed by atoms with Crippen molar-refractivity contribution in [1.29, 1.82) is 0 Å². The van der Waals surface area contributed by atoms with Crippen molar-refractivity contribution in [1.82, 2.24) is 0 Å². The van der Waals surface area contributed by atoms with Gasteiger partial charge in [-0.15, -0.1) is 0 Å². The van der Waals surface area contributed by atoms with Gasteiger partial charge in [-0.25, -0.2) is 0 Å². The first-order chi connectivity index (χ1) is 10.1. The molecule has 1 aromatic carbocycles. The zero-order chi connectivity index (χ0) is 15.0. The van der Waals surface area contributed by atoms with Crippen LogP contribution >= 0.6 is 0 Å². The molecule has 1 N–H and O–H groups in total. The van der Waals surface area contributed by atoms with E-state index in [4.69, 9.17) is 0 Å². The zero-order valence-electron chi connectivity index (χ0n) is 12.4. The van der Waals surface area contributed by atoms with Gasteiger partial charge in [-0.1, -0.05) is 37.3 Å². The van der Waals surface area contributed by atoms with E-state index in [1.54, 1.807) is 0 Å². The molecule has 112 valence electrons. The van der Waals surface area contributed by atoms with Gasteiger partial charge in [0.05, 0.1) is 5.92 Å². The van der Waals surface area contributed by atoms with Crippen LogP contribution in [0.1, 0.15) is 38.2 Å². The van der Waals surface area contributed by atoms with Gasteiger partial charge >= 0.3 is 5.97 Å². The lowest BCUT2D eigenvalue weighted by Gasteiger charge is -2.16. The molecule has 0 heterocycles. The van der Waals surface area contributed by atoms with Crippen LogP contribution in [0.5, 0.6) is 0 Å². The van der Waals surface area contributed by atoms with Crippen LogP contribution in [0.4, 0.5) is 0 Å². The summed E-state index contributed by atoms with van der Waals surface area (Å²) in [5, 5.41) is 9.23. The Hall–Kier alpha value is -1.64. The highest BCUT2D eigenvalue weighted by Crippen LogP contribution is 2.70. The number of carboxylic acids is 1. The molecule has 3 heteroatoms. The first kappa shape index (κ1) is 14.3. The molecule has 4 unspecified atom stereocenters. The Bertz CT molecular complexity index is 551.